The first-order chi connectivity index (χ1) is 10.3. The molecule has 0 saturated carbocycles. The minimum Gasteiger partial charge on any atom is -0.325 e. The number of hydrogen-bond donors (Lipinski definition) is 1. The average Bonchev–Trinajstić information content (AvgIpc) is 2.48. The molecule has 0 fully saturated rings. The molecular weight excluding hydrogens is 322 g/mol. The van der Waals surface area contributed by atoms with Crippen molar-refractivity contribution in [1.82, 2.24) is 0 Å². The summed E-state index contributed by atoms with van der Waals surface area (Å²) in [6.07, 6.45) is 0. The van der Waals surface area contributed by atoms with E-state index in [4.69, 9.17) is 11.6 Å². The van der Waals surface area contributed by atoms with Gasteiger partial charge in [-0.15, -0.1) is 0 Å². The smallest absolute Gasteiger partial charge is 0.242 e. The van der Waals surface area contributed by atoms with Crippen molar-refractivity contribution in [2.75, 3.05) is 5.32 Å². The zero-order valence-corrected chi connectivity index (χ0v) is 13.8. The van der Waals surface area contributed by atoms with Crippen molar-refractivity contribution in [3.05, 3.63) is 59.1 Å². The van der Waals surface area contributed by atoms with Gasteiger partial charge in [0, 0.05) is 10.7 Å². The summed E-state index contributed by atoms with van der Waals surface area (Å²) < 4.78 is 25.0. The highest BCUT2D eigenvalue weighted by molar-refractivity contribution is 7.92. The molecule has 2 aromatic rings. The third kappa shape index (κ3) is 3.48. The number of anilines is 1. The van der Waals surface area contributed by atoms with E-state index < -0.39 is 21.0 Å². The lowest BCUT2D eigenvalue weighted by Gasteiger charge is -2.14. The summed E-state index contributed by atoms with van der Waals surface area (Å²) in [6, 6.07) is 13.1. The molecule has 0 unspecified atom stereocenters. The van der Waals surface area contributed by atoms with Crippen molar-refractivity contribution in [3.8, 4) is 0 Å². The second-order valence-electron chi connectivity index (χ2n) is 4.95. The SMILES string of the molecule is Cc1ccccc1NC(=O)[C@H](C)S(=O)(=O)c1cccc(Cl)c1. The molecule has 1 N–H and O–H groups in total. The van der Waals surface area contributed by atoms with Gasteiger partial charge in [0.25, 0.3) is 0 Å². The minimum atomic E-state index is -3.79. The number of hydrogen-bond acceptors (Lipinski definition) is 3. The van der Waals surface area contributed by atoms with Crippen LogP contribution in [0.25, 0.3) is 0 Å². The van der Waals surface area contributed by atoms with Gasteiger partial charge < -0.3 is 5.32 Å². The predicted octanol–water partition coefficient (Wildman–Crippen LogP) is 3.45. The van der Waals surface area contributed by atoms with Gasteiger partial charge in [0.1, 0.15) is 5.25 Å². The van der Waals surface area contributed by atoms with Crippen molar-refractivity contribution < 1.29 is 13.2 Å². The average molecular weight is 338 g/mol. The maximum absolute atomic E-state index is 12.5. The number of aryl methyl sites for hydroxylation is 1. The third-order valence-corrected chi connectivity index (χ3v) is 5.65. The van der Waals surface area contributed by atoms with Crippen LogP contribution in [0.4, 0.5) is 5.69 Å². The van der Waals surface area contributed by atoms with Crippen molar-refractivity contribution in [2.45, 2.75) is 24.0 Å². The van der Waals surface area contributed by atoms with Gasteiger partial charge in [-0.25, -0.2) is 8.42 Å². The molecule has 0 heterocycles. The number of halogens is 1. The van der Waals surface area contributed by atoms with Crippen molar-refractivity contribution in [3.63, 3.8) is 0 Å². The highest BCUT2D eigenvalue weighted by atomic mass is 35.5. The topological polar surface area (TPSA) is 63.2 Å². The maximum Gasteiger partial charge on any atom is 0.242 e. The fourth-order valence-corrected chi connectivity index (χ4v) is 3.50. The summed E-state index contributed by atoms with van der Waals surface area (Å²) in [5, 5.41) is 1.74. The molecule has 0 aliphatic carbocycles. The van der Waals surface area contributed by atoms with Crippen LogP contribution in [0.15, 0.2) is 53.4 Å². The van der Waals surface area contributed by atoms with E-state index >= 15 is 0 Å². The number of carbonyl (C=O) groups excluding carboxylic acids is 1. The molecule has 2 rings (SSSR count). The van der Waals surface area contributed by atoms with Crippen LogP contribution >= 0.6 is 11.6 Å². The lowest BCUT2D eigenvalue weighted by Crippen LogP contribution is -2.32. The summed E-state index contributed by atoms with van der Waals surface area (Å²) >= 11 is 5.82. The highest BCUT2D eigenvalue weighted by Gasteiger charge is 2.30. The van der Waals surface area contributed by atoms with E-state index in [0.717, 1.165) is 5.56 Å². The van der Waals surface area contributed by atoms with Crippen molar-refractivity contribution in [1.29, 1.82) is 0 Å². The Bertz CT molecular complexity index is 803. The largest absolute Gasteiger partial charge is 0.325 e. The Morgan fingerprint density at radius 3 is 2.45 bits per heavy atom. The molecule has 0 aromatic heterocycles. The van der Waals surface area contributed by atoms with E-state index in [-0.39, 0.29) is 4.90 Å². The van der Waals surface area contributed by atoms with Gasteiger partial charge in [-0.2, -0.15) is 0 Å². The molecule has 0 aliphatic heterocycles. The zero-order valence-electron chi connectivity index (χ0n) is 12.2. The number of rotatable bonds is 4. The standard InChI is InChI=1S/C16H16ClNO3S/c1-11-6-3-4-9-15(11)18-16(19)12(2)22(20,21)14-8-5-7-13(17)10-14/h3-10,12H,1-2H3,(H,18,19)/t12-/m0/s1. The number of nitrogens with one attached hydrogen (secondary N) is 1. The molecule has 1 amide bonds. The molecule has 2 aromatic carbocycles. The Kier molecular flexibility index (Phi) is 4.88. The molecule has 22 heavy (non-hydrogen) atoms. The van der Waals surface area contributed by atoms with Crippen molar-refractivity contribution in [2.24, 2.45) is 0 Å². The molecule has 0 saturated heterocycles. The Hall–Kier alpha value is -1.85. The van der Waals surface area contributed by atoms with Gasteiger partial charge in [-0.05, 0) is 43.7 Å². The fraction of sp³-hybridized carbons (Fsp3) is 0.188. The quantitative estimate of drug-likeness (QED) is 0.929. The Balaban J connectivity index is 2.25. The van der Waals surface area contributed by atoms with Gasteiger partial charge in [-0.1, -0.05) is 35.9 Å². The lowest BCUT2D eigenvalue weighted by molar-refractivity contribution is -0.115. The molecular formula is C16H16ClNO3S. The van der Waals surface area contributed by atoms with Crippen LogP contribution in [-0.4, -0.2) is 19.6 Å². The summed E-state index contributed by atoms with van der Waals surface area (Å²) in [5.74, 6) is -0.575. The number of benzene rings is 2. The first-order valence-corrected chi connectivity index (χ1v) is 8.61. The second kappa shape index (κ2) is 6.50. The summed E-state index contributed by atoms with van der Waals surface area (Å²) in [7, 11) is -3.79. The molecule has 0 radical (unpaired) electrons. The van der Waals surface area contributed by atoms with Crippen LogP contribution < -0.4 is 5.32 Å². The molecule has 1 atom stereocenters. The van der Waals surface area contributed by atoms with Gasteiger partial charge in [0.15, 0.2) is 9.84 Å². The van der Waals surface area contributed by atoms with Crippen LogP contribution in [0, 0.1) is 6.92 Å². The Morgan fingerprint density at radius 1 is 1.14 bits per heavy atom. The molecule has 0 bridgehead atoms. The first kappa shape index (κ1) is 16.5. The van der Waals surface area contributed by atoms with E-state index in [1.807, 2.05) is 19.1 Å². The van der Waals surface area contributed by atoms with Gasteiger partial charge in [0.05, 0.1) is 4.90 Å². The Morgan fingerprint density at radius 2 is 1.82 bits per heavy atom. The van der Waals surface area contributed by atoms with Crippen LogP contribution in [-0.2, 0) is 14.6 Å². The van der Waals surface area contributed by atoms with E-state index in [1.54, 1.807) is 24.3 Å². The highest BCUT2D eigenvalue weighted by Crippen LogP contribution is 2.21. The predicted molar refractivity (Wildman–Crippen MR) is 87.9 cm³/mol. The fourth-order valence-electron chi connectivity index (χ4n) is 1.94. The van der Waals surface area contributed by atoms with E-state index in [0.29, 0.717) is 10.7 Å². The third-order valence-electron chi connectivity index (χ3n) is 3.36. The maximum atomic E-state index is 12.5. The summed E-state index contributed by atoms with van der Waals surface area (Å²) in [6.45, 7) is 3.20. The summed E-state index contributed by atoms with van der Waals surface area (Å²) in [4.78, 5) is 12.3. The van der Waals surface area contributed by atoms with Crippen LogP contribution in [0.5, 0.6) is 0 Å². The number of carbonyl (C=O) groups is 1. The molecule has 0 spiro atoms. The zero-order chi connectivity index (χ0) is 16.3. The second-order valence-corrected chi connectivity index (χ2v) is 7.65. The number of sulfone groups is 1. The molecule has 116 valence electrons. The molecule has 4 nitrogen and oxygen atoms in total. The minimum absolute atomic E-state index is 0.0347. The Labute approximate surface area is 135 Å². The van der Waals surface area contributed by atoms with Crippen LogP contribution in [0.2, 0.25) is 5.02 Å². The normalized spacial score (nSPS) is 12.7. The monoisotopic (exact) mass is 337 g/mol. The van der Waals surface area contributed by atoms with Crippen LogP contribution in [0.3, 0.4) is 0 Å². The lowest BCUT2D eigenvalue weighted by atomic mass is 10.2. The molecule has 0 aliphatic rings. The van der Waals surface area contributed by atoms with Gasteiger partial charge in [0.2, 0.25) is 5.91 Å². The number of amides is 1. The first-order valence-electron chi connectivity index (χ1n) is 6.68. The van der Waals surface area contributed by atoms with Crippen LogP contribution in [0.1, 0.15) is 12.5 Å². The summed E-state index contributed by atoms with van der Waals surface area (Å²) in [5.41, 5.74) is 1.46. The van der Waals surface area contributed by atoms with Crippen molar-refractivity contribution >= 4 is 33.0 Å². The van der Waals surface area contributed by atoms with Gasteiger partial charge in [-0.3, -0.25) is 4.79 Å². The van der Waals surface area contributed by atoms with E-state index in [2.05, 4.69) is 5.32 Å². The number of para-hydroxylation sites is 1. The van der Waals surface area contributed by atoms with E-state index in [1.165, 1.54) is 19.1 Å². The molecule has 6 heteroatoms. The van der Waals surface area contributed by atoms with E-state index in [9.17, 15) is 13.2 Å². The van der Waals surface area contributed by atoms with Gasteiger partial charge >= 0.3 is 0 Å².